The van der Waals surface area contributed by atoms with Gasteiger partial charge in [0.25, 0.3) is 0 Å². The first-order chi connectivity index (χ1) is 27.8. The lowest BCUT2D eigenvalue weighted by Crippen LogP contribution is -2.28. The number of nitrogens with zero attached hydrogens (tertiary/aromatic N) is 2. The minimum absolute atomic E-state index is 0.496. The van der Waals surface area contributed by atoms with E-state index in [9.17, 15) is 0 Å². The van der Waals surface area contributed by atoms with Crippen LogP contribution in [0.3, 0.4) is 0 Å². The predicted molar refractivity (Wildman–Crippen MR) is 228 cm³/mol. The molecule has 0 unspecified atom stereocenters. The van der Waals surface area contributed by atoms with E-state index in [0.29, 0.717) is 5.82 Å². The molecule has 0 saturated carbocycles. The number of rotatable bonds is 6. The van der Waals surface area contributed by atoms with Crippen molar-refractivity contribution >= 4 is 21.9 Å². The fourth-order valence-electron chi connectivity index (χ4n) is 8.89. The Morgan fingerprint density at radius 1 is 0.357 bits per heavy atom. The summed E-state index contributed by atoms with van der Waals surface area (Å²) < 4.78 is 6.22. The number of aromatic nitrogens is 2. The van der Waals surface area contributed by atoms with E-state index < -0.39 is 5.41 Å². The molecule has 0 aliphatic heterocycles. The lowest BCUT2D eigenvalue weighted by Gasteiger charge is -2.33. The van der Waals surface area contributed by atoms with Crippen molar-refractivity contribution in [1.29, 1.82) is 0 Å². The van der Waals surface area contributed by atoms with Crippen LogP contribution in [0, 0.1) is 0 Å². The van der Waals surface area contributed by atoms with E-state index in [1.807, 2.05) is 30.3 Å². The quantitative estimate of drug-likeness (QED) is 0.172. The molecule has 0 spiro atoms. The van der Waals surface area contributed by atoms with E-state index in [1.54, 1.807) is 0 Å². The summed E-state index contributed by atoms with van der Waals surface area (Å²) >= 11 is 0. The average molecular weight is 715 g/mol. The Kier molecular flexibility index (Phi) is 7.39. The average Bonchev–Trinajstić information content (AvgIpc) is 3.81. The van der Waals surface area contributed by atoms with Gasteiger partial charge in [-0.05, 0) is 68.8 Å². The highest BCUT2D eigenvalue weighted by Gasteiger charge is 2.46. The Morgan fingerprint density at radius 3 is 1.70 bits per heavy atom. The van der Waals surface area contributed by atoms with Crippen LogP contribution in [0.15, 0.2) is 211 Å². The maximum atomic E-state index is 6.22. The monoisotopic (exact) mass is 714 g/mol. The number of hydrogen-bond acceptors (Lipinski definition) is 3. The van der Waals surface area contributed by atoms with Crippen LogP contribution in [0.5, 0.6) is 0 Å². The second-order valence-electron chi connectivity index (χ2n) is 14.5. The fourth-order valence-corrected chi connectivity index (χ4v) is 8.89. The van der Waals surface area contributed by atoms with E-state index in [1.165, 1.54) is 33.4 Å². The van der Waals surface area contributed by atoms with Crippen LogP contribution < -0.4 is 0 Å². The maximum Gasteiger partial charge on any atom is 0.160 e. The van der Waals surface area contributed by atoms with Crippen LogP contribution in [0.4, 0.5) is 0 Å². The Morgan fingerprint density at radius 2 is 0.929 bits per heavy atom. The molecule has 2 aromatic heterocycles. The van der Waals surface area contributed by atoms with E-state index in [4.69, 9.17) is 14.4 Å². The number of benzene rings is 8. The smallest absolute Gasteiger partial charge is 0.160 e. The molecule has 11 rings (SSSR count). The van der Waals surface area contributed by atoms with E-state index in [0.717, 1.165) is 61.1 Å². The topological polar surface area (TPSA) is 38.9 Å². The van der Waals surface area contributed by atoms with Crippen molar-refractivity contribution in [2.45, 2.75) is 5.41 Å². The molecule has 1 aliphatic carbocycles. The van der Waals surface area contributed by atoms with Crippen molar-refractivity contribution in [1.82, 2.24) is 9.97 Å². The Bertz CT molecular complexity index is 3020. The molecule has 2 heterocycles. The van der Waals surface area contributed by atoms with Crippen molar-refractivity contribution in [2.75, 3.05) is 0 Å². The molecule has 0 atom stereocenters. The molecule has 0 amide bonds. The summed E-state index contributed by atoms with van der Waals surface area (Å²) in [6.45, 7) is 0. The molecule has 0 bridgehead atoms. The second kappa shape index (κ2) is 12.9. The SMILES string of the molecule is c1ccc(-c2nc(-c3ccc(-c4ccc5c(c4)oc4ccccc45)cc3)cc(-c3cccc4c3-c3ccccc3C4(c3ccccc3)c3ccccc3)n2)cc1. The molecule has 0 fully saturated rings. The molecule has 56 heavy (non-hydrogen) atoms. The lowest BCUT2D eigenvalue weighted by atomic mass is 9.67. The first-order valence-electron chi connectivity index (χ1n) is 19.1. The van der Waals surface area contributed by atoms with Gasteiger partial charge >= 0.3 is 0 Å². The largest absolute Gasteiger partial charge is 0.456 e. The second-order valence-corrected chi connectivity index (χ2v) is 14.5. The third-order valence-corrected chi connectivity index (χ3v) is 11.4. The van der Waals surface area contributed by atoms with Gasteiger partial charge in [0.2, 0.25) is 0 Å². The summed E-state index contributed by atoms with van der Waals surface area (Å²) in [6, 6.07) is 73.3. The van der Waals surface area contributed by atoms with Crippen LogP contribution in [0.2, 0.25) is 0 Å². The molecule has 3 heteroatoms. The van der Waals surface area contributed by atoms with Gasteiger partial charge in [-0.2, -0.15) is 0 Å². The summed E-state index contributed by atoms with van der Waals surface area (Å²) in [5.41, 5.74) is 15.8. The summed E-state index contributed by atoms with van der Waals surface area (Å²) in [7, 11) is 0. The molecular formula is C53H34N2O. The van der Waals surface area contributed by atoms with Gasteiger partial charge in [0.1, 0.15) is 11.2 Å². The third-order valence-electron chi connectivity index (χ3n) is 11.4. The number of hydrogen-bond donors (Lipinski definition) is 0. The molecule has 8 aromatic carbocycles. The minimum atomic E-state index is -0.496. The minimum Gasteiger partial charge on any atom is -0.456 e. The standard InChI is InChI=1S/C53H34N2O/c1-4-15-37(16-5-1)52-54-47(36-29-27-35(28-30-36)38-31-32-42-41-21-11-13-26-49(41)56-50(42)33-38)34-48(55-52)44-23-14-25-46-51(44)43-22-10-12-24-45(43)53(46,39-17-6-2-7-18-39)40-19-8-3-9-20-40/h1-34H. The van der Waals surface area contributed by atoms with Crippen LogP contribution in [-0.4, -0.2) is 9.97 Å². The zero-order valence-electron chi connectivity index (χ0n) is 30.4. The zero-order chi connectivity index (χ0) is 37.1. The van der Waals surface area contributed by atoms with Gasteiger partial charge in [0.05, 0.1) is 16.8 Å². The fraction of sp³-hybridized carbons (Fsp3) is 0.0189. The van der Waals surface area contributed by atoms with Crippen molar-refractivity contribution in [3.63, 3.8) is 0 Å². The third kappa shape index (κ3) is 4.98. The van der Waals surface area contributed by atoms with Crippen LogP contribution in [0.25, 0.3) is 78.1 Å². The van der Waals surface area contributed by atoms with Crippen molar-refractivity contribution < 1.29 is 4.42 Å². The van der Waals surface area contributed by atoms with E-state index in [-0.39, 0.29) is 0 Å². The molecule has 1 aliphatic rings. The molecular weight excluding hydrogens is 681 g/mol. The van der Waals surface area contributed by atoms with E-state index >= 15 is 0 Å². The van der Waals surface area contributed by atoms with Crippen LogP contribution in [-0.2, 0) is 5.41 Å². The van der Waals surface area contributed by atoms with Gasteiger partial charge in [-0.15, -0.1) is 0 Å². The summed E-state index contributed by atoms with van der Waals surface area (Å²) in [5.74, 6) is 0.693. The Balaban J connectivity index is 1.08. The van der Waals surface area contributed by atoms with Crippen LogP contribution in [0.1, 0.15) is 22.3 Å². The highest BCUT2D eigenvalue weighted by molar-refractivity contribution is 6.06. The highest BCUT2D eigenvalue weighted by atomic mass is 16.3. The number of fused-ring (bicyclic) bond motifs is 6. The molecule has 262 valence electrons. The molecule has 3 nitrogen and oxygen atoms in total. The van der Waals surface area contributed by atoms with Gasteiger partial charge in [0.15, 0.2) is 5.82 Å². The lowest BCUT2D eigenvalue weighted by molar-refractivity contribution is 0.669. The van der Waals surface area contributed by atoms with Gasteiger partial charge < -0.3 is 4.42 Å². The summed E-state index contributed by atoms with van der Waals surface area (Å²) in [4.78, 5) is 10.5. The molecule has 10 aromatic rings. The molecule has 0 saturated heterocycles. The first-order valence-corrected chi connectivity index (χ1v) is 19.1. The van der Waals surface area contributed by atoms with Gasteiger partial charge in [-0.25, -0.2) is 9.97 Å². The predicted octanol–water partition coefficient (Wildman–Crippen LogP) is 13.4. The molecule has 0 radical (unpaired) electrons. The first kappa shape index (κ1) is 32.1. The normalized spacial score (nSPS) is 12.8. The van der Waals surface area contributed by atoms with Gasteiger partial charge in [-0.1, -0.05) is 182 Å². The molecule has 0 N–H and O–H groups in total. The maximum absolute atomic E-state index is 6.22. The zero-order valence-corrected chi connectivity index (χ0v) is 30.4. The number of para-hydroxylation sites is 1. The van der Waals surface area contributed by atoms with Crippen molar-refractivity contribution in [2.24, 2.45) is 0 Å². The Hall–Kier alpha value is -7.36. The van der Waals surface area contributed by atoms with E-state index in [2.05, 4.69) is 176 Å². The van der Waals surface area contributed by atoms with Gasteiger partial charge in [0, 0.05) is 27.5 Å². The summed E-state index contributed by atoms with van der Waals surface area (Å²) in [6.07, 6.45) is 0. The van der Waals surface area contributed by atoms with Crippen molar-refractivity contribution in [3.05, 3.63) is 229 Å². The van der Waals surface area contributed by atoms with Crippen LogP contribution >= 0.6 is 0 Å². The highest BCUT2D eigenvalue weighted by Crippen LogP contribution is 2.58. The number of furan rings is 1. The Labute approximate surface area is 325 Å². The van der Waals surface area contributed by atoms with Gasteiger partial charge in [-0.3, -0.25) is 0 Å². The summed E-state index contributed by atoms with van der Waals surface area (Å²) in [5, 5.41) is 2.26. The van der Waals surface area contributed by atoms with Crippen molar-refractivity contribution in [3.8, 4) is 56.2 Å².